The molecule has 4 rings (SSSR count). The van der Waals surface area contributed by atoms with Crippen molar-refractivity contribution in [3.05, 3.63) is 99.0 Å². The molecule has 0 saturated heterocycles. The lowest BCUT2D eigenvalue weighted by molar-refractivity contribution is 0.0659. The van der Waals surface area contributed by atoms with Gasteiger partial charge in [-0.15, -0.1) is 11.6 Å². The fourth-order valence-corrected chi connectivity index (χ4v) is 4.92. The summed E-state index contributed by atoms with van der Waals surface area (Å²) >= 11 is 6.55. The van der Waals surface area contributed by atoms with Crippen LogP contribution in [-0.4, -0.2) is 40.5 Å². The number of alkyl halides is 1. The number of likely N-dealkylation sites (N-methyl/N-ethyl adjacent to an activating group) is 1. The summed E-state index contributed by atoms with van der Waals surface area (Å²) in [6, 6.07) is 14.8. The van der Waals surface area contributed by atoms with Gasteiger partial charge in [0.25, 0.3) is 11.5 Å². The van der Waals surface area contributed by atoms with Gasteiger partial charge < -0.3 is 10.2 Å². The number of hydrogen-bond donors (Lipinski definition) is 1. The third kappa shape index (κ3) is 5.31. The molecule has 1 aromatic heterocycles. The second-order valence-electron chi connectivity index (χ2n) is 8.75. The van der Waals surface area contributed by atoms with E-state index in [4.69, 9.17) is 16.6 Å². The van der Waals surface area contributed by atoms with Crippen LogP contribution < -0.4 is 10.9 Å². The van der Waals surface area contributed by atoms with E-state index in [1.54, 1.807) is 9.47 Å². The first-order chi connectivity index (χ1) is 16.9. The maximum atomic E-state index is 13.7. The molecular weight excluding hydrogens is 467 g/mol. The van der Waals surface area contributed by atoms with Crippen LogP contribution in [0, 0.1) is 5.82 Å². The highest BCUT2D eigenvalue weighted by atomic mass is 35.5. The van der Waals surface area contributed by atoms with Gasteiger partial charge in [-0.25, -0.2) is 9.37 Å². The van der Waals surface area contributed by atoms with Crippen LogP contribution in [0.15, 0.2) is 59.4 Å². The fraction of sp³-hybridized carbons (Fsp3) is 0.370. The molecule has 6 nitrogen and oxygen atoms in total. The van der Waals surface area contributed by atoms with E-state index in [0.29, 0.717) is 61.5 Å². The van der Waals surface area contributed by atoms with E-state index in [0.717, 1.165) is 5.56 Å². The summed E-state index contributed by atoms with van der Waals surface area (Å²) in [7, 11) is 1.82. The molecule has 35 heavy (non-hydrogen) atoms. The lowest BCUT2D eigenvalue weighted by Gasteiger charge is -2.33. The summed E-state index contributed by atoms with van der Waals surface area (Å²) in [5.74, 6) is -0.116. The maximum absolute atomic E-state index is 13.7. The topological polar surface area (TPSA) is 67.2 Å². The number of nitrogens with zero attached hydrogens (tertiary/aromatic N) is 3. The van der Waals surface area contributed by atoms with Gasteiger partial charge in [0.05, 0.1) is 23.7 Å². The molecule has 1 N–H and O–H groups in total. The molecule has 2 aromatic carbocycles. The summed E-state index contributed by atoms with van der Waals surface area (Å²) in [4.78, 5) is 34.0. The first-order valence-electron chi connectivity index (χ1n) is 12.0. The van der Waals surface area contributed by atoms with Crippen LogP contribution in [0.2, 0.25) is 0 Å². The number of nitrogens with one attached hydrogen (secondary N) is 1. The van der Waals surface area contributed by atoms with Gasteiger partial charge in [-0.3, -0.25) is 14.2 Å². The third-order valence-electron chi connectivity index (χ3n) is 6.47. The van der Waals surface area contributed by atoms with Gasteiger partial charge in [-0.1, -0.05) is 37.3 Å². The van der Waals surface area contributed by atoms with E-state index in [-0.39, 0.29) is 16.8 Å². The number of aromatic nitrogens is 2. The minimum absolute atomic E-state index is 0.0988. The SMILES string of the molecule is CCC(c1nc2c(c(=O)n1Cc1ccccc1)CCC2Cl)N(CCNC)C(=O)c1ccc(F)cc1. The zero-order valence-corrected chi connectivity index (χ0v) is 20.8. The summed E-state index contributed by atoms with van der Waals surface area (Å²) in [6.45, 7) is 3.27. The number of hydrogen-bond acceptors (Lipinski definition) is 4. The molecule has 8 heteroatoms. The van der Waals surface area contributed by atoms with Crippen LogP contribution in [0.4, 0.5) is 4.39 Å². The Morgan fingerprint density at radius 2 is 1.94 bits per heavy atom. The molecule has 1 aliphatic carbocycles. The molecule has 0 bridgehead atoms. The van der Waals surface area contributed by atoms with E-state index in [1.165, 1.54) is 24.3 Å². The van der Waals surface area contributed by atoms with Crippen molar-refractivity contribution in [1.82, 2.24) is 19.8 Å². The van der Waals surface area contributed by atoms with Gasteiger partial charge in [0.15, 0.2) is 0 Å². The number of rotatable bonds is 9. The van der Waals surface area contributed by atoms with E-state index in [9.17, 15) is 14.0 Å². The van der Waals surface area contributed by atoms with Crippen molar-refractivity contribution in [1.29, 1.82) is 0 Å². The summed E-state index contributed by atoms with van der Waals surface area (Å²) < 4.78 is 15.2. The average molecular weight is 497 g/mol. The molecular formula is C27H30ClFN4O2. The van der Waals surface area contributed by atoms with Crippen molar-refractivity contribution < 1.29 is 9.18 Å². The number of halogens is 2. The molecule has 2 unspecified atom stereocenters. The van der Waals surface area contributed by atoms with Crippen LogP contribution in [0.25, 0.3) is 0 Å². The summed E-state index contributed by atoms with van der Waals surface area (Å²) in [6.07, 6.45) is 1.81. The minimum atomic E-state index is -0.466. The van der Waals surface area contributed by atoms with Crippen LogP contribution in [-0.2, 0) is 13.0 Å². The Hall–Kier alpha value is -3.03. The third-order valence-corrected chi connectivity index (χ3v) is 6.89. The molecule has 0 fully saturated rings. The Kier molecular flexibility index (Phi) is 7.98. The fourth-order valence-electron chi connectivity index (χ4n) is 4.63. The number of fused-ring (bicyclic) bond motifs is 1. The molecule has 184 valence electrons. The summed E-state index contributed by atoms with van der Waals surface area (Å²) in [5.41, 5.74) is 2.54. The van der Waals surface area contributed by atoms with Crippen LogP contribution in [0.5, 0.6) is 0 Å². The highest BCUT2D eigenvalue weighted by molar-refractivity contribution is 6.21. The second kappa shape index (κ2) is 11.1. The molecule has 0 spiro atoms. The predicted molar refractivity (Wildman–Crippen MR) is 135 cm³/mol. The number of amides is 1. The largest absolute Gasteiger partial charge is 0.327 e. The van der Waals surface area contributed by atoms with Gasteiger partial charge in [0.1, 0.15) is 11.6 Å². The summed E-state index contributed by atoms with van der Waals surface area (Å²) in [5, 5.41) is 2.77. The zero-order valence-electron chi connectivity index (χ0n) is 20.0. The molecule has 1 aliphatic rings. The van der Waals surface area contributed by atoms with Gasteiger partial charge in [-0.05, 0) is 56.1 Å². The Bertz CT molecular complexity index is 1230. The quantitative estimate of drug-likeness (QED) is 0.444. The molecule has 0 radical (unpaired) electrons. The predicted octanol–water partition coefficient (Wildman–Crippen LogP) is 4.47. The van der Waals surface area contributed by atoms with Gasteiger partial charge >= 0.3 is 0 Å². The highest BCUT2D eigenvalue weighted by Gasteiger charge is 2.33. The first-order valence-corrected chi connectivity index (χ1v) is 12.4. The van der Waals surface area contributed by atoms with Crippen molar-refractivity contribution in [2.75, 3.05) is 20.1 Å². The van der Waals surface area contributed by atoms with Crippen molar-refractivity contribution in [3.63, 3.8) is 0 Å². The lowest BCUT2D eigenvalue weighted by atomic mass is 10.1. The Balaban J connectivity index is 1.84. The van der Waals surface area contributed by atoms with Crippen LogP contribution in [0.3, 0.4) is 0 Å². The highest BCUT2D eigenvalue weighted by Crippen LogP contribution is 2.35. The minimum Gasteiger partial charge on any atom is -0.327 e. The second-order valence-corrected chi connectivity index (χ2v) is 9.28. The molecule has 2 atom stereocenters. The van der Waals surface area contributed by atoms with E-state index < -0.39 is 11.9 Å². The molecule has 1 heterocycles. The zero-order chi connectivity index (χ0) is 24.9. The lowest BCUT2D eigenvalue weighted by Crippen LogP contribution is -2.42. The Labute approximate surface area is 209 Å². The Morgan fingerprint density at radius 3 is 2.60 bits per heavy atom. The average Bonchev–Trinajstić information content (AvgIpc) is 3.25. The van der Waals surface area contributed by atoms with E-state index in [1.807, 2.05) is 44.3 Å². The molecule has 0 aliphatic heterocycles. The van der Waals surface area contributed by atoms with E-state index in [2.05, 4.69) is 5.32 Å². The van der Waals surface area contributed by atoms with Gasteiger partial charge in [-0.2, -0.15) is 0 Å². The molecule has 3 aromatic rings. The molecule has 0 saturated carbocycles. The van der Waals surface area contributed by atoms with Crippen LogP contribution in [0.1, 0.15) is 64.2 Å². The first kappa shape index (κ1) is 25.1. The standard InChI is InChI=1S/C27H30ClFN4O2/c1-3-23(32(16-15-30-2)26(34)19-9-11-20(29)12-10-19)25-31-24-21(13-14-22(24)28)27(35)33(25)17-18-7-5-4-6-8-18/h4-12,22-23,30H,3,13-17H2,1-2H3. The molecule has 1 amide bonds. The monoisotopic (exact) mass is 496 g/mol. The van der Waals surface area contributed by atoms with Crippen LogP contribution >= 0.6 is 11.6 Å². The van der Waals surface area contributed by atoms with Gasteiger partial charge in [0, 0.05) is 24.2 Å². The smallest absolute Gasteiger partial charge is 0.257 e. The van der Waals surface area contributed by atoms with Crippen molar-refractivity contribution in [3.8, 4) is 0 Å². The number of benzene rings is 2. The number of carbonyl (C=O) groups excluding carboxylic acids is 1. The normalized spacial score (nSPS) is 15.6. The number of carbonyl (C=O) groups is 1. The van der Waals surface area contributed by atoms with Crippen molar-refractivity contribution in [2.45, 2.75) is 44.1 Å². The van der Waals surface area contributed by atoms with Gasteiger partial charge in [0.2, 0.25) is 0 Å². The van der Waals surface area contributed by atoms with Crippen molar-refractivity contribution in [2.24, 2.45) is 0 Å². The Morgan fingerprint density at radius 1 is 1.23 bits per heavy atom. The maximum Gasteiger partial charge on any atom is 0.257 e. The van der Waals surface area contributed by atoms with Crippen molar-refractivity contribution >= 4 is 17.5 Å². The van der Waals surface area contributed by atoms with E-state index >= 15 is 0 Å².